The summed E-state index contributed by atoms with van der Waals surface area (Å²) < 4.78 is 4.54. The lowest BCUT2D eigenvalue weighted by molar-refractivity contribution is -0.135. The van der Waals surface area contributed by atoms with Gasteiger partial charge in [-0.1, -0.05) is 23.7 Å². The van der Waals surface area contributed by atoms with Gasteiger partial charge in [-0.3, -0.25) is 4.79 Å². The molecular weight excluding hydrogens is 280 g/mol. The van der Waals surface area contributed by atoms with Crippen LogP contribution in [0.25, 0.3) is 0 Å². The standard InChI is InChI=1S/C14H17ClN2O3/c1-9(2)16-14(19)12(8-13(18)20-3)17-11-7-5-4-6-10(11)15/h4-9,17H,1-3H3,(H,16,19)/b12-8-. The second-order valence-corrected chi connectivity index (χ2v) is 4.72. The molecule has 0 radical (unpaired) electrons. The maximum Gasteiger partial charge on any atom is 0.332 e. The van der Waals surface area contributed by atoms with Crippen LogP contribution in [0.2, 0.25) is 5.02 Å². The number of ether oxygens (including phenoxy) is 1. The molecule has 0 bridgehead atoms. The van der Waals surface area contributed by atoms with Crippen LogP contribution in [0.5, 0.6) is 0 Å². The van der Waals surface area contributed by atoms with Crippen LogP contribution in [-0.4, -0.2) is 25.0 Å². The number of hydrogen-bond donors (Lipinski definition) is 2. The summed E-state index contributed by atoms with van der Waals surface area (Å²) in [6.45, 7) is 3.65. The van der Waals surface area contributed by atoms with Crippen molar-refractivity contribution in [1.29, 1.82) is 0 Å². The molecule has 0 saturated heterocycles. The van der Waals surface area contributed by atoms with E-state index in [0.29, 0.717) is 10.7 Å². The van der Waals surface area contributed by atoms with Gasteiger partial charge >= 0.3 is 5.97 Å². The highest BCUT2D eigenvalue weighted by atomic mass is 35.5. The van der Waals surface area contributed by atoms with Crippen molar-refractivity contribution in [3.8, 4) is 0 Å². The molecule has 1 rings (SSSR count). The quantitative estimate of drug-likeness (QED) is 0.646. The molecule has 0 aliphatic rings. The number of benzene rings is 1. The van der Waals surface area contributed by atoms with Gasteiger partial charge < -0.3 is 15.4 Å². The van der Waals surface area contributed by atoms with Gasteiger partial charge in [0, 0.05) is 6.04 Å². The Morgan fingerprint density at radius 3 is 2.50 bits per heavy atom. The van der Waals surface area contributed by atoms with Crippen LogP contribution < -0.4 is 10.6 Å². The maximum absolute atomic E-state index is 12.0. The molecule has 0 saturated carbocycles. The van der Waals surface area contributed by atoms with E-state index >= 15 is 0 Å². The third kappa shape index (κ3) is 4.93. The molecule has 1 aromatic carbocycles. The monoisotopic (exact) mass is 296 g/mol. The first kappa shape index (κ1) is 16.0. The van der Waals surface area contributed by atoms with E-state index in [-0.39, 0.29) is 11.7 Å². The van der Waals surface area contributed by atoms with E-state index in [9.17, 15) is 9.59 Å². The van der Waals surface area contributed by atoms with Gasteiger partial charge in [0.2, 0.25) is 0 Å². The minimum absolute atomic E-state index is 0.0587. The zero-order chi connectivity index (χ0) is 15.1. The van der Waals surface area contributed by atoms with Gasteiger partial charge in [-0.15, -0.1) is 0 Å². The molecule has 6 heteroatoms. The number of para-hydroxylation sites is 1. The fourth-order valence-electron chi connectivity index (χ4n) is 1.38. The fraction of sp³-hybridized carbons (Fsp3) is 0.286. The van der Waals surface area contributed by atoms with Crippen molar-refractivity contribution in [3.05, 3.63) is 41.1 Å². The number of esters is 1. The van der Waals surface area contributed by atoms with E-state index in [1.54, 1.807) is 24.3 Å². The van der Waals surface area contributed by atoms with Crippen molar-refractivity contribution in [1.82, 2.24) is 5.32 Å². The Hall–Kier alpha value is -2.01. The minimum Gasteiger partial charge on any atom is -0.466 e. The fourth-order valence-corrected chi connectivity index (χ4v) is 1.57. The summed E-state index contributed by atoms with van der Waals surface area (Å²) in [7, 11) is 1.24. The van der Waals surface area contributed by atoms with E-state index in [1.165, 1.54) is 7.11 Å². The molecule has 0 aliphatic carbocycles. The molecule has 1 amide bonds. The topological polar surface area (TPSA) is 67.4 Å². The summed E-state index contributed by atoms with van der Waals surface area (Å²) in [6, 6.07) is 6.86. The number of methoxy groups -OCH3 is 1. The maximum atomic E-state index is 12.0. The van der Waals surface area contributed by atoms with Crippen molar-refractivity contribution in [2.24, 2.45) is 0 Å². The molecule has 0 spiro atoms. The Labute approximate surface area is 123 Å². The van der Waals surface area contributed by atoms with Crippen molar-refractivity contribution in [2.45, 2.75) is 19.9 Å². The SMILES string of the molecule is COC(=O)/C=C(\Nc1ccccc1Cl)C(=O)NC(C)C. The first-order valence-electron chi connectivity index (χ1n) is 6.06. The number of hydrogen-bond acceptors (Lipinski definition) is 4. The first-order chi connectivity index (χ1) is 9.43. The van der Waals surface area contributed by atoms with E-state index in [1.807, 2.05) is 13.8 Å². The zero-order valence-corrected chi connectivity index (χ0v) is 12.3. The molecule has 108 valence electrons. The van der Waals surface area contributed by atoms with Crippen LogP contribution in [0.4, 0.5) is 5.69 Å². The van der Waals surface area contributed by atoms with Crippen LogP contribution in [0.1, 0.15) is 13.8 Å². The largest absolute Gasteiger partial charge is 0.466 e. The Bertz CT molecular complexity index is 527. The van der Waals surface area contributed by atoms with Crippen LogP contribution in [0.15, 0.2) is 36.0 Å². The minimum atomic E-state index is -0.626. The molecule has 0 atom stereocenters. The highest BCUT2D eigenvalue weighted by molar-refractivity contribution is 6.33. The van der Waals surface area contributed by atoms with Crippen LogP contribution in [0.3, 0.4) is 0 Å². The first-order valence-corrected chi connectivity index (χ1v) is 6.44. The Morgan fingerprint density at radius 2 is 1.95 bits per heavy atom. The third-order valence-corrected chi connectivity index (χ3v) is 2.60. The number of carbonyl (C=O) groups excluding carboxylic acids is 2. The lowest BCUT2D eigenvalue weighted by atomic mass is 10.2. The lowest BCUT2D eigenvalue weighted by Gasteiger charge is -2.14. The summed E-state index contributed by atoms with van der Waals surface area (Å²) in [5.74, 6) is -1.04. The zero-order valence-electron chi connectivity index (χ0n) is 11.6. The average Bonchev–Trinajstić information content (AvgIpc) is 2.39. The summed E-state index contributed by atoms with van der Waals surface area (Å²) in [6.07, 6.45) is 1.08. The van der Waals surface area contributed by atoms with Gasteiger partial charge in [0.25, 0.3) is 5.91 Å². The van der Waals surface area contributed by atoms with Gasteiger partial charge in [0.1, 0.15) is 5.70 Å². The van der Waals surface area contributed by atoms with Crippen molar-refractivity contribution in [3.63, 3.8) is 0 Å². The highest BCUT2D eigenvalue weighted by Gasteiger charge is 2.14. The van der Waals surface area contributed by atoms with Crippen molar-refractivity contribution in [2.75, 3.05) is 12.4 Å². The van der Waals surface area contributed by atoms with Crippen molar-refractivity contribution < 1.29 is 14.3 Å². The van der Waals surface area contributed by atoms with Crippen LogP contribution >= 0.6 is 11.6 Å². The smallest absolute Gasteiger partial charge is 0.332 e. The van der Waals surface area contributed by atoms with Gasteiger partial charge in [-0.25, -0.2) is 4.79 Å². The van der Waals surface area contributed by atoms with Gasteiger partial charge in [-0.05, 0) is 26.0 Å². The number of rotatable bonds is 5. The molecule has 2 N–H and O–H groups in total. The third-order valence-electron chi connectivity index (χ3n) is 2.27. The molecule has 0 fully saturated rings. The van der Waals surface area contributed by atoms with Gasteiger partial charge in [0.05, 0.1) is 23.9 Å². The summed E-state index contributed by atoms with van der Waals surface area (Å²) in [5, 5.41) is 5.97. The average molecular weight is 297 g/mol. The molecule has 1 aromatic rings. The number of halogens is 1. The number of amides is 1. The van der Waals surface area contributed by atoms with E-state index in [2.05, 4.69) is 15.4 Å². The molecule has 5 nitrogen and oxygen atoms in total. The lowest BCUT2D eigenvalue weighted by Crippen LogP contribution is -2.34. The normalized spacial score (nSPS) is 11.2. The number of nitrogens with one attached hydrogen (secondary N) is 2. The second kappa shape index (κ2) is 7.55. The number of anilines is 1. The Balaban J connectivity index is 3.00. The summed E-state index contributed by atoms with van der Waals surface area (Å²) in [4.78, 5) is 23.4. The summed E-state index contributed by atoms with van der Waals surface area (Å²) >= 11 is 6.01. The molecule has 0 aromatic heterocycles. The Kier molecular flexibility index (Phi) is 6.06. The van der Waals surface area contributed by atoms with E-state index < -0.39 is 11.9 Å². The highest BCUT2D eigenvalue weighted by Crippen LogP contribution is 2.22. The predicted octanol–water partition coefficient (Wildman–Crippen LogP) is 2.33. The van der Waals surface area contributed by atoms with Crippen LogP contribution in [-0.2, 0) is 14.3 Å². The Morgan fingerprint density at radius 1 is 1.30 bits per heavy atom. The second-order valence-electron chi connectivity index (χ2n) is 4.31. The predicted molar refractivity (Wildman–Crippen MR) is 78.5 cm³/mol. The van der Waals surface area contributed by atoms with E-state index in [4.69, 9.17) is 11.6 Å². The molecule has 0 heterocycles. The van der Waals surface area contributed by atoms with Gasteiger partial charge in [-0.2, -0.15) is 0 Å². The molecular formula is C14H17ClN2O3. The molecule has 0 unspecified atom stereocenters. The summed E-state index contributed by atoms with van der Waals surface area (Å²) in [5.41, 5.74) is 0.599. The van der Waals surface area contributed by atoms with E-state index in [0.717, 1.165) is 6.08 Å². The number of carbonyl (C=O) groups is 2. The molecule has 0 aliphatic heterocycles. The van der Waals surface area contributed by atoms with Crippen LogP contribution in [0, 0.1) is 0 Å². The molecule has 20 heavy (non-hydrogen) atoms. The van der Waals surface area contributed by atoms with Gasteiger partial charge in [0.15, 0.2) is 0 Å². The van der Waals surface area contributed by atoms with Crippen molar-refractivity contribution >= 4 is 29.2 Å².